The van der Waals surface area contributed by atoms with Crippen molar-refractivity contribution in [2.24, 2.45) is 5.92 Å². The van der Waals surface area contributed by atoms with Gasteiger partial charge in [0.1, 0.15) is 0 Å². The molecule has 2 heterocycles. The van der Waals surface area contributed by atoms with E-state index in [1.165, 1.54) is 19.3 Å². The molecule has 1 aromatic rings. The van der Waals surface area contributed by atoms with Gasteiger partial charge in [0, 0.05) is 25.2 Å². The van der Waals surface area contributed by atoms with Gasteiger partial charge < -0.3 is 15.5 Å². The van der Waals surface area contributed by atoms with E-state index >= 15 is 0 Å². The molecule has 0 atom stereocenters. The van der Waals surface area contributed by atoms with E-state index in [4.69, 9.17) is 0 Å². The van der Waals surface area contributed by atoms with E-state index in [-0.39, 0.29) is 24.2 Å². The number of carbonyl (C=O) groups excluding carboxylic acids is 2. The summed E-state index contributed by atoms with van der Waals surface area (Å²) in [4.78, 5) is 28.8. The van der Waals surface area contributed by atoms with E-state index < -0.39 is 0 Å². The Morgan fingerprint density at radius 3 is 2.31 bits per heavy atom. The molecule has 2 saturated heterocycles. The van der Waals surface area contributed by atoms with Gasteiger partial charge in [-0.1, -0.05) is 12.1 Å². The maximum atomic E-state index is 12.4. The zero-order valence-corrected chi connectivity index (χ0v) is 18.3. The van der Waals surface area contributed by atoms with Crippen LogP contribution in [-0.4, -0.2) is 67.9 Å². The minimum absolute atomic E-state index is 0. The van der Waals surface area contributed by atoms with Gasteiger partial charge in [0.25, 0.3) is 5.91 Å². The number of hydrogen-bond donors (Lipinski definition) is 2. The predicted molar refractivity (Wildman–Crippen MR) is 118 cm³/mol. The SMILES string of the molecule is CNCCC1CCN(CC(=O)NCc2ccc(C(=O)N3CCCC3)cc2)CC1.Cl. The predicted octanol–water partition coefficient (Wildman–Crippen LogP) is 2.28. The fourth-order valence-corrected chi connectivity index (χ4v) is 4.11. The maximum Gasteiger partial charge on any atom is 0.253 e. The highest BCUT2D eigenvalue weighted by molar-refractivity contribution is 5.94. The van der Waals surface area contributed by atoms with Gasteiger partial charge in [0.15, 0.2) is 0 Å². The molecule has 6 nitrogen and oxygen atoms in total. The number of halogens is 1. The molecule has 7 heteroatoms. The van der Waals surface area contributed by atoms with Crippen molar-refractivity contribution >= 4 is 24.2 Å². The second-order valence-corrected chi connectivity index (χ2v) is 8.08. The third kappa shape index (κ3) is 7.28. The molecule has 1 aromatic carbocycles. The minimum atomic E-state index is 0. The average Bonchev–Trinajstić information content (AvgIpc) is 3.26. The first-order valence-corrected chi connectivity index (χ1v) is 10.7. The number of carbonyl (C=O) groups is 2. The highest BCUT2D eigenvalue weighted by Crippen LogP contribution is 2.19. The van der Waals surface area contributed by atoms with Gasteiger partial charge in [-0.05, 0) is 82.4 Å². The zero-order valence-electron chi connectivity index (χ0n) is 17.5. The van der Waals surface area contributed by atoms with Gasteiger partial charge in [0.05, 0.1) is 6.54 Å². The molecule has 162 valence electrons. The van der Waals surface area contributed by atoms with E-state index in [0.29, 0.717) is 13.1 Å². The smallest absolute Gasteiger partial charge is 0.253 e. The van der Waals surface area contributed by atoms with Crippen LogP contribution in [0.4, 0.5) is 0 Å². The third-order valence-electron chi connectivity index (χ3n) is 5.96. The van der Waals surface area contributed by atoms with Crippen molar-refractivity contribution in [3.63, 3.8) is 0 Å². The summed E-state index contributed by atoms with van der Waals surface area (Å²) in [5.74, 6) is 0.977. The van der Waals surface area contributed by atoms with Crippen LogP contribution in [0.1, 0.15) is 48.0 Å². The molecule has 2 aliphatic rings. The van der Waals surface area contributed by atoms with Gasteiger partial charge >= 0.3 is 0 Å². The summed E-state index contributed by atoms with van der Waals surface area (Å²) in [7, 11) is 2.00. The number of piperidine rings is 1. The van der Waals surface area contributed by atoms with Crippen LogP contribution >= 0.6 is 12.4 Å². The Hall–Kier alpha value is -1.63. The molecule has 29 heavy (non-hydrogen) atoms. The molecule has 0 radical (unpaired) electrons. The number of likely N-dealkylation sites (tertiary alicyclic amines) is 2. The van der Waals surface area contributed by atoms with Gasteiger partial charge in [-0.15, -0.1) is 12.4 Å². The molecule has 0 aromatic heterocycles. The largest absolute Gasteiger partial charge is 0.351 e. The summed E-state index contributed by atoms with van der Waals surface area (Å²) in [6.45, 7) is 5.81. The van der Waals surface area contributed by atoms with Crippen LogP contribution in [0.15, 0.2) is 24.3 Å². The van der Waals surface area contributed by atoms with Crippen molar-refractivity contribution in [1.29, 1.82) is 0 Å². The van der Waals surface area contributed by atoms with E-state index in [1.807, 2.05) is 36.2 Å². The Kier molecular flexibility index (Phi) is 9.91. The topological polar surface area (TPSA) is 64.7 Å². The van der Waals surface area contributed by atoms with Crippen molar-refractivity contribution in [3.8, 4) is 0 Å². The fourth-order valence-electron chi connectivity index (χ4n) is 4.11. The molecular formula is C22H35ClN4O2. The molecule has 2 fully saturated rings. The van der Waals surface area contributed by atoms with Crippen LogP contribution in [0.3, 0.4) is 0 Å². The van der Waals surface area contributed by atoms with E-state index in [0.717, 1.165) is 62.6 Å². The van der Waals surface area contributed by atoms with Gasteiger partial charge in [-0.25, -0.2) is 0 Å². The van der Waals surface area contributed by atoms with Crippen LogP contribution in [0.5, 0.6) is 0 Å². The van der Waals surface area contributed by atoms with Crippen molar-refractivity contribution in [1.82, 2.24) is 20.4 Å². The Morgan fingerprint density at radius 1 is 1.03 bits per heavy atom. The lowest BCUT2D eigenvalue weighted by Gasteiger charge is -2.31. The number of hydrogen-bond acceptors (Lipinski definition) is 4. The monoisotopic (exact) mass is 422 g/mol. The average molecular weight is 423 g/mol. The Morgan fingerprint density at radius 2 is 1.69 bits per heavy atom. The molecule has 2 N–H and O–H groups in total. The van der Waals surface area contributed by atoms with Crippen LogP contribution in [-0.2, 0) is 11.3 Å². The quantitative estimate of drug-likeness (QED) is 0.674. The van der Waals surface area contributed by atoms with E-state index in [9.17, 15) is 9.59 Å². The van der Waals surface area contributed by atoms with Crippen LogP contribution < -0.4 is 10.6 Å². The fraction of sp³-hybridized carbons (Fsp3) is 0.636. The number of amides is 2. The normalized spacial score (nSPS) is 17.8. The van der Waals surface area contributed by atoms with Crippen molar-refractivity contribution in [2.45, 2.75) is 38.6 Å². The second-order valence-electron chi connectivity index (χ2n) is 8.08. The summed E-state index contributed by atoms with van der Waals surface area (Å²) in [5, 5.41) is 6.23. The Balaban J connectivity index is 0.00000300. The molecule has 2 aliphatic heterocycles. The highest BCUT2D eigenvalue weighted by Gasteiger charge is 2.21. The van der Waals surface area contributed by atoms with Crippen molar-refractivity contribution in [2.75, 3.05) is 46.3 Å². The van der Waals surface area contributed by atoms with Crippen LogP contribution in [0.25, 0.3) is 0 Å². The summed E-state index contributed by atoms with van der Waals surface area (Å²) in [6, 6.07) is 7.63. The van der Waals surface area contributed by atoms with Gasteiger partial charge in [0.2, 0.25) is 5.91 Å². The lowest BCUT2D eigenvalue weighted by atomic mass is 9.93. The molecule has 0 aliphatic carbocycles. The molecular weight excluding hydrogens is 388 g/mol. The molecule has 3 rings (SSSR count). The van der Waals surface area contributed by atoms with E-state index in [2.05, 4.69) is 15.5 Å². The van der Waals surface area contributed by atoms with Gasteiger partial charge in [-0.2, -0.15) is 0 Å². The number of nitrogens with one attached hydrogen (secondary N) is 2. The molecule has 0 unspecified atom stereocenters. The first-order valence-electron chi connectivity index (χ1n) is 10.7. The molecule has 0 saturated carbocycles. The summed E-state index contributed by atoms with van der Waals surface area (Å²) in [5.41, 5.74) is 1.76. The lowest BCUT2D eigenvalue weighted by Crippen LogP contribution is -2.41. The summed E-state index contributed by atoms with van der Waals surface area (Å²) < 4.78 is 0. The van der Waals surface area contributed by atoms with Crippen LogP contribution in [0.2, 0.25) is 0 Å². The first-order chi connectivity index (χ1) is 13.7. The third-order valence-corrected chi connectivity index (χ3v) is 5.96. The van der Waals surface area contributed by atoms with Gasteiger partial charge in [-0.3, -0.25) is 14.5 Å². The minimum Gasteiger partial charge on any atom is -0.351 e. The summed E-state index contributed by atoms with van der Waals surface area (Å²) >= 11 is 0. The molecule has 0 spiro atoms. The number of nitrogens with zero attached hydrogens (tertiary/aromatic N) is 2. The van der Waals surface area contributed by atoms with Crippen molar-refractivity contribution in [3.05, 3.63) is 35.4 Å². The first kappa shape index (κ1) is 23.6. The van der Waals surface area contributed by atoms with E-state index in [1.54, 1.807) is 0 Å². The van der Waals surface area contributed by atoms with Crippen LogP contribution in [0, 0.1) is 5.92 Å². The van der Waals surface area contributed by atoms with Crippen molar-refractivity contribution < 1.29 is 9.59 Å². The lowest BCUT2D eigenvalue weighted by molar-refractivity contribution is -0.122. The highest BCUT2D eigenvalue weighted by atomic mass is 35.5. The molecule has 0 bridgehead atoms. The zero-order chi connectivity index (χ0) is 19.8. The number of benzene rings is 1. The standard InChI is InChI=1S/C22H34N4O2.ClH/c1-23-11-8-18-9-14-25(15-10-18)17-21(27)24-16-19-4-6-20(7-5-19)22(28)26-12-2-3-13-26;/h4-7,18,23H,2-3,8-17H2,1H3,(H,24,27);1H. The number of rotatable bonds is 8. The maximum absolute atomic E-state index is 12.4. The molecule has 2 amide bonds. The Labute approximate surface area is 180 Å². The second kappa shape index (κ2) is 12.2. The summed E-state index contributed by atoms with van der Waals surface area (Å²) in [6.07, 6.45) is 5.79. The Bertz CT molecular complexity index is 639.